The van der Waals surface area contributed by atoms with Gasteiger partial charge in [-0.15, -0.1) is 5.73 Å². The first-order chi connectivity index (χ1) is 13.2. The molecule has 0 aromatic carbocycles. The van der Waals surface area contributed by atoms with E-state index in [4.69, 9.17) is 9.30 Å². The summed E-state index contributed by atoms with van der Waals surface area (Å²) in [5.74, 6) is 1.01. The van der Waals surface area contributed by atoms with Crippen LogP contribution in [0.1, 0.15) is 58.8 Å². The van der Waals surface area contributed by atoms with Gasteiger partial charge in [0, 0.05) is 23.1 Å². The summed E-state index contributed by atoms with van der Waals surface area (Å²) in [6.07, 6.45) is 24.0. The molecule has 4 nitrogen and oxygen atoms in total. The molecule has 0 saturated heterocycles. The van der Waals surface area contributed by atoms with Gasteiger partial charge in [-0.2, -0.15) is 0 Å². The number of hydrogen-bond donors (Lipinski definition) is 0. The Kier molecular flexibility index (Phi) is 40.8. The van der Waals surface area contributed by atoms with Crippen molar-refractivity contribution in [2.24, 2.45) is 0 Å². The summed E-state index contributed by atoms with van der Waals surface area (Å²) in [6.45, 7) is 13.3. The van der Waals surface area contributed by atoms with Crippen LogP contribution in [0.15, 0.2) is 30.0 Å². The van der Waals surface area contributed by atoms with Gasteiger partial charge in [-0.05, 0) is 62.7 Å². The number of ether oxygens (including phenoxy) is 1. The SMILES string of the molecule is CCCCCCCCC=C=C/C=C\C(=O)OC.C[C]1[CH][CH][CH][CH]1.[C-]#[O+].[C-]#[O+].[Mn]. The Morgan fingerprint density at radius 3 is 2.07 bits per heavy atom. The fourth-order valence-corrected chi connectivity index (χ4v) is 1.90. The molecular formula is C23H31MnO4. The maximum atomic E-state index is 10.7. The van der Waals surface area contributed by atoms with Gasteiger partial charge in [-0.25, -0.2) is 4.79 Å². The maximum Gasteiger partial charge on any atom is 0 e. The predicted octanol–water partition coefficient (Wildman–Crippen LogP) is 5.51. The standard InChI is InChI=1S/C15H24O2.C6H7.2CO.Mn/c1-3-4-5-6-7-8-9-10-11-12-13-14-15(16)17-2;1-6-4-2-3-5-6;2*1-2;/h10,12-14H,3-9H2,1-2H3;2-5H,1H3;;;/b14-13-;;;;. The minimum atomic E-state index is -0.334. The van der Waals surface area contributed by atoms with Crippen molar-refractivity contribution in [1.29, 1.82) is 0 Å². The fourth-order valence-electron chi connectivity index (χ4n) is 1.90. The number of unbranched alkanes of at least 4 members (excludes halogenated alkanes) is 6. The predicted molar refractivity (Wildman–Crippen MR) is 106 cm³/mol. The molecule has 1 aliphatic carbocycles. The number of allylic oxidation sites excluding steroid dienone is 2. The van der Waals surface area contributed by atoms with Crippen molar-refractivity contribution in [2.45, 2.75) is 58.8 Å². The molecule has 154 valence electrons. The minimum Gasteiger partial charge on any atom is 0 e. The van der Waals surface area contributed by atoms with Crippen molar-refractivity contribution >= 4 is 5.97 Å². The molecule has 0 amide bonds. The van der Waals surface area contributed by atoms with Crippen LogP contribution in [0.25, 0.3) is 0 Å². The molecule has 0 bridgehead atoms. The van der Waals surface area contributed by atoms with Crippen LogP contribution in [0.5, 0.6) is 0 Å². The van der Waals surface area contributed by atoms with Crippen molar-refractivity contribution in [1.82, 2.24) is 0 Å². The molecule has 0 spiro atoms. The van der Waals surface area contributed by atoms with Crippen LogP contribution in [0.3, 0.4) is 0 Å². The largest absolute Gasteiger partial charge is 0 e. The third kappa shape index (κ3) is 32.4. The molecule has 6 radical (unpaired) electrons. The van der Waals surface area contributed by atoms with Crippen molar-refractivity contribution in [3.05, 3.63) is 74.9 Å². The summed E-state index contributed by atoms with van der Waals surface area (Å²) in [5.41, 5.74) is 3.02. The topological polar surface area (TPSA) is 66.1 Å². The summed E-state index contributed by atoms with van der Waals surface area (Å²) >= 11 is 0. The first-order valence-corrected chi connectivity index (χ1v) is 8.95. The zero-order chi connectivity index (χ0) is 21.2. The van der Waals surface area contributed by atoms with Crippen LogP contribution in [0.4, 0.5) is 0 Å². The van der Waals surface area contributed by atoms with Crippen LogP contribution in [0, 0.1) is 44.9 Å². The third-order valence-corrected chi connectivity index (χ3v) is 3.28. The van der Waals surface area contributed by atoms with Crippen molar-refractivity contribution in [3.8, 4) is 0 Å². The van der Waals surface area contributed by atoms with Gasteiger partial charge in [0.1, 0.15) is 0 Å². The Morgan fingerprint density at radius 2 is 1.61 bits per heavy atom. The Labute approximate surface area is 182 Å². The molecule has 1 saturated carbocycles. The molecule has 1 rings (SSSR count). The first-order valence-electron chi connectivity index (χ1n) is 8.95. The van der Waals surface area contributed by atoms with Gasteiger partial charge >= 0.3 is 28.6 Å². The van der Waals surface area contributed by atoms with Crippen LogP contribution >= 0.6 is 0 Å². The number of esters is 1. The van der Waals surface area contributed by atoms with E-state index in [9.17, 15) is 4.79 Å². The van der Waals surface area contributed by atoms with Crippen molar-refractivity contribution in [3.63, 3.8) is 0 Å². The molecule has 0 unspecified atom stereocenters. The Balaban J connectivity index is -0.000000217. The Bertz CT molecular complexity index is 434. The van der Waals surface area contributed by atoms with E-state index in [1.807, 2.05) is 18.9 Å². The molecule has 0 N–H and O–H groups in total. The van der Waals surface area contributed by atoms with Gasteiger partial charge in [-0.3, -0.25) is 0 Å². The summed E-state index contributed by atoms with van der Waals surface area (Å²) in [4.78, 5) is 10.7. The number of rotatable bonds is 9. The van der Waals surface area contributed by atoms with Crippen LogP contribution in [0.2, 0.25) is 0 Å². The zero-order valence-electron chi connectivity index (χ0n) is 17.1. The van der Waals surface area contributed by atoms with Crippen molar-refractivity contribution in [2.75, 3.05) is 7.11 Å². The summed E-state index contributed by atoms with van der Waals surface area (Å²) < 4.78 is 19.5. The second kappa shape index (κ2) is 33.3. The van der Waals surface area contributed by atoms with E-state index >= 15 is 0 Å². The van der Waals surface area contributed by atoms with Gasteiger partial charge in [0.25, 0.3) is 0 Å². The van der Waals surface area contributed by atoms with E-state index in [1.54, 1.807) is 12.2 Å². The van der Waals surface area contributed by atoms with E-state index < -0.39 is 0 Å². The number of hydrogen-bond acceptors (Lipinski definition) is 2. The third-order valence-electron chi connectivity index (χ3n) is 3.28. The number of carbonyl (C=O) groups excluding carboxylic acids is 1. The molecule has 0 heterocycles. The smallest absolute Gasteiger partial charge is 0 e. The van der Waals surface area contributed by atoms with Gasteiger partial charge in [0.05, 0.1) is 7.11 Å². The average molecular weight is 426 g/mol. The molecule has 0 atom stereocenters. The van der Waals surface area contributed by atoms with E-state index in [0.29, 0.717) is 0 Å². The van der Waals surface area contributed by atoms with E-state index in [0.717, 1.165) is 6.42 Å². The molecule has 1 fully saturated rings. The van der Waals surface area contributed by atoms with E-state index in [-0.39, 0.29) is 23.0 Å². The molecule has 0 aromatic heterocycles. The zero-order valence-corrected chi connectivity index (χ0v) is 18.3. The molecule has 0 aliphatic heterocycles. The van der Waals surface area contributed by atoms with Gasteiger partial charge < -0.3 is 4.74 Å². The molecule has 0 aromatic rings. The Hall–Kier alpha value is -1.27. The molecule has 5 heteroatoms. The summed E-state index contributed by atoms with van der Waals surface area (Å²) in [7, 11) is 1.37. The van der Waals surface area contributed by atoms with Gasteiger partial charge in [0.15, 0.2) is 0 Å². The second-order valence-electron chi connectivity index (χ2n) is 5.44. The molecule has 28 heavy (non-hydrogen) atoms. The quantitative estimate of drug-likeness (QED) is 0.0713. The molecule has 1 aliphatic rings. The maximum absolute atomic E-state index is 10.7. The fraction of sp³-hybridized carbons (Fsp3) is 0.435. The van der Waals surface area contributed by atoms with E-state index in [2.05, 4.69) is 50.5 Å². The van der Waals surface area contributed by atoms with Crippen LogP contribution in [-0.4, -0.2) is 13.1 Å². The number of methoxy groups -OCH3 is 1. The van der Waals surface area contributed by atoms with Gasteiger partial charge in [-0.1, -0.05) is 46.0 Å². The summed E-state index contributed by atoms with van der Waals surface area (Å²) in [5, 5.41) is 0. The van der Waals surface area contributed by atoms with Gasteiger partial charge in [0.2, 0.25) is 0 Å². The normalized spacial score (nSPS) is 11.7. The summed E-state index contributed by atoms with van der Waals surface area (Å²) in [6, 6.07) is 0. The minimum absolute atomic E-state index is 0. The second-order valence-corrected chi connectivity index (χ2v) is 5.44. The van der Waals surface area contributed by atoms with Crippen LogP contribution < -0.4 is 0 Å². The van der Waals surface area contributed by atoms with Crippen LogP contribution in [-0.2, 0) is 35.9 Å². The first kappa shape index (κ1) is 34.3. The molecular weight excluding hydrogens is 395 g/mol. The van der Waals surface area contributed by atoms with Crippen molar-refractivity contribution < 1.29 is 35.9 Å². The van der Waals surface area contributed by atoms with E-state index in [1.165, 1.54) is 57.6 Å². The average Bonchev–Trinajstić information content (AvgIpc) is 3.20. The monoisotopic (exact) mass is 426 g/mol. The number of carbonyl (C=O) groups is 1. The Morgan fingerprint density at radius 1 is 1.07 bits per heavy atom.